The van der Waals surface area contributed by atoms with Crippen LogP contribution in [0.2, 0.25) is 0 Å². The van der Waals surface area contributed by atoms with Gasteiger partial charge in [0.15, 0.2) is 0 Å². The fraction of sp³-hybridized carbons (Fsp3) is 0.351. The number of benzene rings is 3. The topological polar surface area (TPSA) is 152 Å². The van der Waals surface area contributed by atoms with Gasteiger partial charge in [0.1, 0.15) is 18.8 Å². The van der Waals surface area contributed by atoms with Crippen molar-refractivity contribution >= 4 is 23.9 Å². The van der Waals surface area contributed by atoms with E-state index in [-0.39, 0.29) is 45.0 Å². The third kappa shape index (κ3) is 11.4. The zero-order chi connectivity index (χ0) is 34.1. The summed E-state index contributed by atoms with van der Waals surface area (Å²) in [5.41, 5.74) is 2.35. The third-order valence-corrected chi connectivity index (χ3v) is 7.87. The largest absolute Gasteiger partial charge is 0.454 e. The van der Waals surface area contributed by atoms with Crippen LogP contribution in [0.25, 0.3) is 0 Å². The van der Waals surface area contributed by atoms with Gasteiger partial charge in [0, 0.05) is 13.5 Å². The van der Waals surface area contributed by atoms with E-state index in [1.54, 1.807) is 36.4 Å². The molecule has 1 aliphatic heterocycles. The molecule has 0 aromatic heterocycles. The number of hydrogen-bond donors (Lipinski definition) is 4. The molecule has 3 amide bonds. The van der Waals surface area contributed by atoms with Crippen LogP contribution in [-0.2, 0) is 41.6 Å². The van der Waals surface area contributed by atoms with E-state index in [2.05, 4.69) is 16.0 Å². The Kier molecular flexibility index (Phi) is 14.2. The molecule has 5 atom stereocenters. The van der Waals surface area contributed by atoms with Gasteiger partial charge in [-0.15, -0.1) is 0 Å². The van der Waals surface area contributed by atoms with E-state index in [9.17, 15) is 24.3 Å². The number of methoxy groups -OCH3 is 1. The highest BCUT2D eigenvalue weighted by Gasteiger charge is 2.34. The molecule has 11 heteroatoms. The summed E-state index contributed by atoms with van der Waals surface area (Å²) in [5, 5.41) is 18.3. The molecule has 254 valence electrons. The first-order valence-electron chi connectivity index (χ1n) is 16.0. The van der Waals surface area contributed by atoms with Crippen LogP contribution in [0.1, 0.15) is 42.1 Å². The van der Waals surface area contributed by atoms with Crippen molar-refractivity contribution in [1.82, 2.24) is 16.0 Å². The predicted octanol–water partition coefficient (Wildman–Crippen LogP) is 3.77. The number of alkyl carbamates (subject to hydrolysis) is 1. The molecule has 0 spiro atoms. The van der Waals surface area contributed by atoms with Crippen molar-refractivity contribution in [3.05, 3.63) is 120 Å². The average Bonchev–Trinajstić information content (AvgIpc) is 3.10. The quantitative estimate of drug-likeness (QED) is 0.170. The van der Waals surface area contributed by atoms with Crippen molar-refractivity contribution in [3.8, 4) is 0 Å². The Morgan fingerprint density at radius 2 is 1.54 bits per heavy atom. The summed E-state index contributed by atoms with van der Waals surface area (Å²) in [6.45, 7) is -0.251. The Hall–Kier alpha value is -5.00. The van der Waals surface area contributed by atoms with Crippen molar-refractivity contribution in [2.24, 2.45) is 5.92 Å². The Morgan fingerprint density at radius 1 is 0.917 bits per heavy atom. The second-order valence-electron chi connectivity index (χ2n) is 11.6. The molecule has 0 aliphatic carbocycles. The number of aliphatic hydroxyl groups is 1. The highest BCUT2D eigenvalue weighted by molar-refractivity contribution is 5.86. The summed E-state index contributed by atoms with van der Waals surface area (Å²) in [6.07, 6.45) is 2.12. The molecular weight excluding hydrogens is 614 g/mol. The van der Waals surface area contributed by atoms with Crippen LogP contribution in [0.15, 0.2) is 103 Å². The number of nitrogens with one attached hydrogen (secondary N) is 3. The molecule has 0 unspecified atom stereocenters. The van der Waals surface area contributed by atoms with Gasteiger partial charge < -0.3 is 35.3 Å². The molecular formula is C37H43N3O8. The van der Waals surface area contributed by atoms with Gasteiger partial charge in [-0.1, -0.05) is 103 Å². The summed E-state index contributed by atoms with van der Waals surface area (Å²) in [4.78, 5) is 53.2. The van der Waals surface area contributed by atoms with Crippen molar-refractivity contribution in [3.63, 3.8) is 0 Å². The standard InChI is InChI=1S/C37H43N3O8/c1-46-25-32-34(28-17-9-4-10-18-28)48-36(44)31(40-37(45)47-24-27-15-7-3-8-16-27)20-12-11-19-29(35(43)39-32)22-33(42)38-30(23-41)21-26-13-5-2-6-14-26/h2-18,29-32,34,41H,19-25H2,1H3,(H,38,42)(H,39,43)(H,40,45)/t29-,30+,31-,32+,34+/m1/s1. The predicted molar refractivity (Wildman–Crippen MR) is 178 cm³/mol. The van der Waals surface area contributed by atoms with E-state index >= 15 is 0 Å². The highest BCUT2D eigenvalue weighted by atomic mass is 16.6. The van der Waals surface area contributed by atoms with Crippen LogP contribution in [0, 0.1) is 5.92 Å². The number of rotatable bonds is 12. The van der Waals surface area contributed by atoms with Crippen molar-refractivity contribution in [2.75, 3.05) is 20.3 Å². The van der Waals surface area contributed by atoms with E-state index in [0.717, 1.165) is 11.1 Å². The maximum Gasteiger partial charge on any atom is 0.408 e. The molecule has 0 bridgehead atoms. The first kappa shape index (κ1) is 35.8. The second kappa shape index (κ2) is 19.0. The van der Waals surface area contributed by atoms with E-state index in [1.165, 1.54) is 7.11 Å². The van der Waals surface area contributed by atoms with E-state index in [1.807, 2.05) is 66.7 Å². The molecule has 0 fully saturated rings. The summed E-state index contributed by atoms with van der Waals surface area (Å²) >= 11 is 0. The first-order valence-corrected chi connectivity index (χ1v) is 16.0. The Bertz CT molecular complexity index is 1490. The fourth-order valence-corrected chi connectivity index (χ4v) is 5.38. The zero-order valence-electron chi connectivity index (χ0n) is 27.0. The minimum atomic E-state index is -1.10. The van der Waals surface area contributed by atoms with Crippen molar-refractivity contribution < 1.29 is 38.5 Å². The highest BCUT2D eigenvalue weighted by Crippen LogP contribution is 2.25. The summed E-state index contributed by atoms with van der Waals surface area (Å²) in [6, 6.07) is 25.1. The van der Waals surface area contributed by atoms with E-state index in [0.29, 0.717) is 12.0 Å². The van der Waals surface area contributed by atoms with Gasteiger partial charge in [0.2, 0.25) is 11.8 Å². The summed E-state index contributed by atoms with van der Waals surface area (Å²) < 4.78 is 16.8. The van der Waals surface area contributed by atoms with Crippen LogP contribution in [0.5, 0.6) is 0 Å². The molecule has 4 N–H and O–H groups in total. The van der Waals surface area contributed by atoms with Crippen LogP contribution < -0.4 is 16.0 Å². The maximum atomic E-state index is 13.7. The lowest BCUT2D eigenvalue weighted by Gasteiger charge is -2.31. The molecule has 3 aromatic rings. The van der Waals surface area contributed by atoms with E-state index in [4.69, 9.17) is 14.2 Å². The molecule has 48 heavy (non-hydrogen) atoms. The summed E-state index contributed by atoms with van der Waals surface area (Å²) in [7, 11) is 1.47. The van der Waals surface area contributed by atoms with Gasteiger partial charge in [-0.3, -0.25) is 9.59 Å². The molecule has 11 nitrogen and oxygen atoms in total. The van der Waals surface area contributed by atoms with Gasteiger partial charge in [0.25, 0.3) is 0 Å². The number of carbonyl (C=O) groups is 4. The van der Waals surface area contributed by atoms with Crippen molar-refractivity contribution in [2.45, 2.75) is 56.5 Å². The zero-order valence-corrected chi connectivity index (χ0v) is 27.0. The minimum absolute atomic E-state index is 0.00574. The number of allylic oxidation sites excluding steroid dienone is 1. The van der Waals surface area contributed by atoms with Crippen LogP contribution in [0.4, 0.5) is 4.79 Å². The monoisotopic (exact) mass is 657 g/mol. The summed E-state index contributed by atoms with van der Waals surface area (Å²) in [5.74, 6) is -2.31. The van der Waals surface area contributed by atoms with Crippen LogP contribution in [-0.4, -0.2) is 67.4 Å². The van der Waals surface area contributed by atoms with E-state index < -0.39 is 48.1 Å². The average molecular weight is 658 g/mol. The number of hydrogen-bond acceptors (Lipinski definition) is 8. The molecule has 3 aromatic carbocycles. The van der Waals surface area contributed by atoms with Crippen LogP contribution in [0.3, 0.4) is 0 Å². The molecule has 1 heterocycles. The van der Waals surface area contributed by atoms with Gasteiger partial charge in [0.05, 0.1) is 31.2 Å². The van der Waals surface area contributed by atoms with Gasteiger partial charge >= 0.3 is 12.1 Å². The molecule has 0 saturated heterocycles. The molecule has 1 aliphatic rings. The molecule has 4 rings (SSSR count). The Balaban J connectivity index is 1.53. The number of aliphatic hydroxyl groups excluding tert-OH is 1. The lowest BCUT2D eigenvalue weighted by molar-refractivity contribution is -0.155. The SMILES string of the molecule is COC[C@@H]1NC(=O)[C@@H](CC(=O)N[C@H](CO)Cc2ccccc2)CC=CC[C@@H](NC(=O)OCc2ccccc2)C(=O)O[C@H]1c1ccccc1. The Morgan fingerprint density at radius 3 is 2.19 bits per heavy atom. The van der Waals surface area contributed by atoms with Gasteiger partial charge in [-0.25, -0.2) is 9.59 Å². The third-order valence-electron chi connectivity index (χ3n) is 7.87. The number of esters is 1. The number of carbonyl (C=O) groups excluding carboxylic acids is 4. The van der Waals surface area contributed by atoms with Crippen LogP contribution >= 0.6 is 0 Å². The maximum absolute atomic E-state index is 13.7. The lowest BCUT2D eigenvalue weighted by atomic mass is 9.96. The molecule has 0 saturated carbocycles. The number of amides is 3. The normalized spacial score (nSPS) is 20.6. The van der Waals surface area contributed by atoms with Crippen molar-refractivity contribution in [1.29, 1.82) is 0 Å². The first-order chi connectivity index (χ1) is 23.4. The number of cyclic esters (lactones) is 1. The lowest BCUT2D eigenvalue weighted by Crippen LogP contribution is -2.49. The van der Waals surface area contributed by atoms with Gasteiger partial charge in [-0.2, -0.15) is 0 Å². The fourth-order valence-electron chi connectivity index (χ4n) is 5.38. The molecule has 0 radical (unpaired) electrons. The smallest absolute Gasteiger partial charge is 0.408 e. The Labute approximate surface area is 280 Å². The minimum Gasteiger partial charge on any atom is -0.454 e. The number of ether oxygens (including phenoxy) is 3. The van der Waals surface area contributed by atoms with Gasteiger partial charge in [-0.05, 0) is 36.0 Å². The second-order valence-corrected chi connectivity index (χ2v) is 11.6.